The van der Waals surface area contributed by atoms with Crippen LogP contribution in [0.1, 0.15) is 44.1 Å². The van der Waals surface area contributed by atoms with Crippen LogP contribution in [0.25, 0.3) is 11.6 Å². The number of carbonyl (C=O) groups excluding carboxylic acids is 1. The molecule has 2 aromatic heterocycles. The third-order valence-electron chi connectivity index (χ3n) is 5.16. The van der Waals surface area contributed by atoms with Crippen molar-refractivity contribution in [2.24, 2.45) is 0 Å². The van der Waals surface area contributed by atoms with Gasteiger partial charge in [-0.25, -0.2) is 8.42 Å². The zero-order valence-corrected chi connectivity index (χ0v) is 19.6. The first-order chi connectivity index (χ1) is 15.6. The van der Waals surface area contributed by atoms with E-state index in [1.54, 1.807) is 16.9 Å². The van der Waals surface area contributed by atoms with Crippen LogP contribution in [0.2, 0.25) is 0 Å². The van der Waals surface area contributed by atoms with Crippen molar-refractivity contribution in [3.05, 3.63) is 42.1 Å². The molecule has 2 atom stereocenters. The maximum atomic E-state index is 13.0. The fraction of sp³-hybridized carbons (Fsp3) is 0.429. The number of rotatable bonds is 6. The van der Waals surface area contributed by atoms with Crippen LogP contribution < -0.4 is 5.32 Å². The molecule has 0 aliphatic carbocycles. The smallest absolute Gasteiger partial charge is 0.322 e. The van der Waals surface area contributed by atoms with Gasteiger partial charge in [-0.2, -0.15) is 9.40 Å². The lowest BCUT2D eigenvalue weighted by molar-refractivity contribution is -0.0440. The van der Waals surface area contributed by atoms with E-state index >= 15 is 0 Å². The monoisotopic (exact) mass is 474 g/mol. The summed E-state index contributed by atoms with van der Waals surface area (Å²) in [6, 6.07) is 7.48. The van der Waals surface area contributed by atoms with E-state index in [4.69, 9.17) is 9.15 Å². The van der Waals surface area contributed by atoms with Gasteiger partial charge in [0.25, 0.3) is 11.8 Å². The molecule has 0 spiro atoms. The quantitative estimate of drug-likeness (QED) is 0.576. The fourth-order valence-corrected chi connectivity index (χ4v) is 5.29. The van der Waals surface area contributed by atoms with E-state index in [9.17, 15) is 13.2 Å². The number of amides is 1. The Bertz CT molecular complexity index is 1220. The topological polar surface area (TPSA) is 132 Å². The van der Waals surface area contributed by atoms with E-state index in [0.29, 0.717) is 5.69 Å². The second-order valence-corrected chi connectivity index (χ2v) is 10.2. The van der Waals surface area contributed by atoms with E-state index in [1.807, 2.05) is 27.7 Å². The van der Waals surface area contributed by atoms with E-state index in [-0.39, 0.29) is 53.7 Å². The zero-order valence-electron chi connectivity index (χ0n) is 18.8. The number of ether oxygens (including phenoxy) is 1. The molecule has 1 saturated heterocycles. The third kappa shape index (κ3) is 4.82. The highest BCUT2D eigenvalue weighted by molar-refractivity contribution is 7.89. The number of nitrogens with zero attached hydrogens (tertiary/aromatic N) is 5. The van der Waals surface area contributed by atoms with Crippen molar-refractivity contribution in [3.8, 4) is 11.6 Å². The van der Waals surface area contributed by atoms with Crippen LogP contribution in [0.3, 0.4) is 0 Å². The van der Waals surface area contributed by atoms with Crippen LogP contribution in [0.15, 0.2) is 45.8 Å². The average molecular weight is 475 g/mol. The maximum Gasteiger partial charge on any atom is 0.322 e. The minimum absolute atomic E-state index is 0.0699. The van der Waals surface area contributed by atoms with Crippen LogP contribution in [-0.4, -0.2) is 63.9 Å². The van der Waals surface area contributed by atoms with Gasteiger partial charge in [-0.15, -0.1) is 5.10 Å². The van der Waals surface area contributed by atoms with Gasteiger partial charge in [-0.1, -0.05) is 5.10 Å². The molecule has 0 bridgehead atoms. The van der Waals surface area contributed by atoms with Gasteiger partial charge in [-0.3, -0.25) is 14.8 Å². The zero-order chi connectivity index (χ0) is 23.8. The predicted molar refractivity (Wildman–Crippen MR) is 119 cm³/mol. The SMILES string of the molecule is CC1CN(S(=O)(=O)c2ccc(C(=O)Nc3nnc(-c4ccnn4C(C)C)o3)cc2)CC(C)O1. The summed E-state index contributed by atoms with van der Waals surface area (Å²) in [7, 11) is -3.69. The van der Waals surface area contributed by atoms with Crippen molar-refractivity contribution in [2.75, 3.05) is 18.4 Å². The van der Waals surface area contributed by atoms with Crippen LogP contribution in [0, 0.1) is 0 Å². The standard InChI is InChI=1S/C21H26N6O5S/c1-13(2)27-18(9-10-22-27)20-24-25-21(32-20)23-19(28)16-5-7-17(8-6-16)33(29,30)26-11-14(3)31-15(4)12-26/h5-10,13-15H,11-12H2,1-4H3,(H,23,25,28). The van der Waals surface area contributed by atoms with Gasteiger partial charge in [0.2, 0.25) is 10.0 Å². The average Bonchev–Trinajstić information content (AvgIpc) is 3.42. The minimum Gasteiger partial charge on any atom is -0.401 e. The summed E-state index contributed by atoms with van der Waals surface area (Å²) in [5.74, 6) is -0.271. The number of morpholine rings is 1. The summed E-state index contributed by atoms with van der Waals surface area (Å²) >= 11 is 0. The van der Waals surface area contributed by atoms with Gasteiger partial charge in [0.1, 0.15) is 5.69 Å². The first kappa shape index (κ1) is 23.1. The van der Waals surface area contributed by atoms with Gasteiger partial charge in [0.05, 0.1) is 17.1 Å². The van der Waals surface area contributed by atoms with Crippen molar-refractivity contribution in [3.63, 3.8) is 0 Å². The van der Waals surface area contributed by atoms with Gasteiger partial charge in [0.15, 0.2) is 0 Å². The van der Waals surface area contributed by atoms with Crippen molar-refractivity contribution >= 4 is 21.9 Å². The first-order valence-corrected chi connectivity index (χ1v) is 12.0. The number of hydrogen-bond acceptors (Lipinski definition) is 8. The van der Waals surface area contributed by atoms with Gasteiger partial charge in [0, 0.05) is 30.9 Å². The highest BCUT2D eigenvalue weighted by Crippen LogP contribution is 2.24. The van der Waals surface area contributed by atoms with Crippen molar-refractivity contribution in [1.29, 1.82) is 0 Å². The lowest BCUT2D eigenvalue weighted by atomic mass is 10.2. The fourth-order valence-electron chi connectivity index (χ4n) is 3.70. The number of anilines is 1. The molecule has 12 heteroatoms. The van der Waals surface area contributed by atoms with Gasteiger partial charge < -0.3 is 9.15 Å². The molecule has 2 unspecified atom stereocenters. The third-order valence-corrected chi connectivity index (χ3v) is 7.01. The number of nitrogens with one attached hydrogen (secondary N) is 1. The van der Waals surface area contributed by atoms with Crippen LogP contribution in [0.5, 0.6) is 0 Å². The highest BCUT2D eigenvalue weighted by atomic mass is 32.2. The first-order valence-electron chi connectivity index (χ1n) is 10.6. The molecule has 1 amide bonds. The van der Waals surface area contributed by atoms with Crippen LogP contribution >= 0.6 is 0 Å². The molecule has 3 heterocycles. The van der Waals surface area contributed by atoms with Crippen LogP contribution in [-0.2, 0) is 14.8 Å². The minimum atomic E-state index is -3.69. The molecule has 1 N–H and O–H groups in total. The number of hydrogen-bond donors (Lipinski definition) is 1. The summed E-state index contributed by atoms with van der Waals surface area (Å²) in [6.45, 7) is 8.18. The largest absolute Gasteiger partial charge is 0.401 e. The molecule has 1 aliphatic heterocycles. The molecular weight excluding hydrogens is 448 g/mol. The number of sulfonamides is 1. The molecule has 0 saturated carbocycles. The molecule has 1 aromatic carbocycles. The van der Waals surface area contributed by atoms with Crippen molar-refractivity contribution in [1.82, 2.24) is 24.3 Å². The highest BCUT2D eigenvalue weighted by Gasteiger charge is 2.32. The lowest BCUT2D eigenvalue weighted by Gasteiger charge is -2.34. The Labute approximate surface area is 191 Å². The summed E-state index contributed by atoms with van der Waals surface area (Å²) in [4.78, 5) is 12.7. The Balaban J connectivity index is 1.46. The second-order valence-electron chi connectivity index (χ2n) is 8.22. The predicted octanol–water partition coefficient (Wildman–Crippen LogP) is 2.56. The van der Waals surface area contributed by atoms with E-state index in [1.165, 1.54) is 28.6 Å². The molecule has 11 nitrogen and oxygen atoms in total. The van der Waals surface area contributed by atoms with Gasteiger partial charge in [-0.05, 0) is 58.0 Å². The Morgan fingerprint density at radius 2 is 1.76 bits per heavy atom. The number of benzene rings is 1. The summed E-state index contributed by atoms with van der Waals surface area (Å²) < 4.78 is 40.3. The second kappa shape index (κ2) is 9.04. The Hall–Kier alpha value is -3.09. The van der Waals surface area contributed by atoms with E-state index in [2.05, 4.69) is 20.6 Å². The summed E-state index contributed by atoms with van der Waals surface area (Å²) in [6.07, 6.45) is 1.25. The van der Waals surface area contributed by atoms with E-state index < -0.39 is 15.9 Å². The molecule has 1 aliphatic rings. The Morgan fingerprint density at radius 3 is 2.39 bits per heavy atom. The number of aromatic nitrogens is 4. The summed E-state index contributed by atoms with van der Waals surface area (Å²) in [5, 5.41) is 14.6. The van der Waals surface area contributed by atoms with E-state index in [0.717, 1.165) is 0 Å². The van der Waals surface area contributed by atoms with Crippen LogP contribution in [0.4, 0.5) is 6.01 Å². The molecule has 33 heavy (non-hydrogen) atoms. The molecule has 4 rings (SSSR count). The molecular formula is C21H26N6O5S. The van der Waals surface area contributed by atoms with Crippen molar-refractivity contribution < 1.29 is 22.4 Å². The Morgan fingerprint density at radius 1 is 1.09 bits per heavy atom. The van der Waals surface area contributed by atoms with Gasteiger partial charge >= 0.3 is 6.01 Å². The molecule has 0 radical (unpaired) electrons. The maximum absolute atomic E-state index is 13.0. The van der Waals surface area contributed by atoms with Crippen molar-refractivity contribution in [2.45, 2.75) is 50.8 Å². The molecule has 1 fully saturated rings. The summed E-state index contributed by atoms with van der Waals surface area (Å²) in [5.41, 5.74) is 0.893. The normalized spacial score (nSPS) is 19.7. The number of carbonyl (C=O) groups is 1. The molecule has 3 aromatic rings. The Kier molecular flexibility index (Phi) is 6.32. The molecule has 176 valence electrons. The lowest BCUT2D eigenvalue weighted by Crippen LogP contribution is -2.48.